The summed E-state index contributed by atoms with van der Waals surface area (Å²) >= 11 is 0. The van der Waals surface area contributed by atoms with Gasteiger partial charge in [-0.1, -0.05) is 64.7 Å². The van der Waals surface area contributed by atoms with Gasteiger partial charge in [-0.3, -0.25) is 14.4 Å². The maximum atomic E-state index is 11.8. The Kier molecular flexibility index (Phi) is 15.8. The van der Waals surface area contributed by atoms with Crippen LogP contribution in [0.3, 0.4) is 0 Å². The lowest BCUT2D eigenvalue weighted by Gasteiger charge is -2.03. The maximum Gasteiger partial charge on any atom is 0.303 e. The van der Waals surface area contributed by atoms with Crippen LogP contribution in [0.15, 0.2) is 0 Å². The van der Waals surface area contributed by atoms with E-state index in [0.29, 0.717) is 12.8 Å². The Morgan fingerprint density at radius 2 is 0.958 bits per heavy atom. The van der Waals surface area contributed by atoms with Crippen molar-refractivity contribution in [3.63, 3.8) is 0 Å². The maximum absolute atomic E-state index is 11.8. The van der Waals surface area contributed by atoms with E-state index in [1.807, 2.05) is 0 Å². The Balaban J connectivity index is 3.38. The van der Waals surface area contributed by atoms with Crippen molar-refractivity contribution >= 4 is 17.5 Å². The van der Waals surface area contributed by atoms with Crippen LogP contribution in [0.2, 0.25) is 0 Å². The van der Waals surface area contributed by atoms with Crippen molar-refractivity contribution in [3.05, 3.63) is 0 Å². The summed E-state index contributed by atoms with van der Waals surface area (Å²) < 4.78 is 0. The van der Waals surface area contributed by atoms with Gasteiger partial charge in [0.15, 0.2) is 0 Å². The number of carbonyl (C=O) groups excluding carboxylic acids is 2. The van der Waals surface area contributed by atoms with Gasteiger partial charge >= 0.3 is 5.97 Å². The van der Waals surface area contributed by atoms with E-state index in [1.54, 1.807) is 0 Å². The predicted octanol–water partition coefficient (Wildman–Crippen LogP) is 5.47. The van der Waals surface area contributed by atoms with Crippen molar-refractivity contribution in [2.45, 2.75) is 110 Å². The van der Waals surface area contributed by atoms with Crippen molar-refractivity contribution in [1.29, 1.82) is 0 Å². The fourth-order valence-corrected chi connectivity index (χ4v) is 2.80. The lowest BCUT2D eigenvalue weighted by atomic mass is 10.0. The Morgan fingerprint density at radius 3 is 1.38 bits per heavy atom. The van der Waals surface area contributed by atoms with E-state index in [2.05, 4.69) is 6.92 Å². The van der Waals surface area contributed by atoms with E-state index in [1.165, 1.54) is 25.7 Å². The Bertz CT molecular complexity index is 350. The van der Waals surface area contributed by atoms with E-state index < -0.39 is 5.97 Å². The van der Waals surface area contributed by atoms with E-state index in [4.69, 9.17) is 5.11 Å². The number of ketones is 2. The lowest BCUT2D eigenvalue weighted by molar-refractivity contribution is -0.137. The molecule has 4 heteroatoms. The van der Waals surface area contributed by atoms with Crippen LogP contribution in [0.25, 0.3) is 0 Å². The van der Waals surface area contributed by atoms with Gasteiger partial charge in [0.2, 0.25) is 0 Å². The van der Waals surface area contributed by atoms with E-state index in [-0.39, 0.29) is 24.4 Å². The second-order valence-corrected chi connectivity index (χ2v) is 6.79. The number of hydrogen-bond donors (Lipinski definition) is 1. The zero-order valence-electron chi connectivity index (χ0n) is 15.5. The molecule has 0 aromatic rings. The molecule has 0 saturated carbocycles. The predicted molar refractivity (Wildman–Crippen MR) is 97.2 cm³/mol. The van der Waals surface area contributed by atoms with E-state index >= 15 is 0 Å². The summed E-state index contributed by atoms with van der Waals surface area (Å²) in [5, 5.41) is 8.52. The molecule has 0 spiro atoms. The molecule has 0 aromatic heterocycles. The highest BCUT2D eigenvalue weighted by Crippen LogP contribution is 2.11. The molecule has 0 rings (SSSR count). The molecule has 0 unspecified atom stereocenters. The molecule has 1 N–H and O–H groups in total. The fraction of sp³-hybridized carbons (Fsp3) is 0.850. The van der Waals surface area contributed by atoms with Crippen molar-refractivity contribution in [2.24, 2.45) is 0 Å². The highest BCUT2D eigenvalue weighted by atomic mass is 16.4. The average molecular weight is 341 g/mol. The van der Waals surface area contributed by atoms with E-state index in [0.717, 1.165) is 51.4 Å². The van der Waals surface area contributed by atoms with Crippen LogP contribution in [-0.2, 0) is 14.4 Å². The summed E-state index contributed by atoms with van der Waals surface area (Å²) in [6.07, 6.45) is 14.0. The molecule has 0 heterocycles. The highest BCUT2D eigenvalue weighted by Gasteiger charge is 2.09. The summed E-state index contributed by atoms with van der Waals surface area (Å²) in [5.41, 5.74) is 0. The minimum Gasteiger partial charge on any atom is -0.481 e. The largest absolute Gasteiger partial charge is 0.481 e. The van der Waals surface area contributed by atoms with Gasteiger partial charge in [-0.15, -0.1) is 0 Å². The molecule has 0 atom stereocenters. The molecule has 4 nitrogen and oxygen atoms in total. The topological polar surface area (TPSA) is 71.4 Å². The Labute approximate surface area is 147 Å². The van der Waals surface area contributed by atoms with Crippen LogP contribution in [-0.4, -0.2) is 22.6 Å². The Hall–Kier alpha value is -1.19. The highest BCUT2D eigenvalue weighted by molar-refractivity contribution is 5.98. The average Bonchev–Trinajstić information content (AvgIpc) is 2.53. The van der Waals surface area contributed by atoms with Gasteiger partial charge in [-0.05, 0) is 19.3 Å². The molecular weight excluding hydrogens is 304 g/mol. The van der Waals surface area contributed by atoms with Crippen LogP contribution < -0.4 is 0 Å². The van der Waals surface area contributed by atoms with Crippen LogP contribution in [0.1, 0.15) is 110 Å². The summed E-state index contributed by atoms with van der Waals surface area (Å²) in [6.45, 7) is 2.19. The third-order valence-corrected chi connectivity index (χ3v) is 4.30. The second-order valence-electron chi connectivity index (χ2n) is 6.79. The van der Waals surface area contributed by atoms with Crippen molar-refractivity contribution in [2.75, 3.05) is 0 Å². The number of rotatable bonds is 18. The monoisotopic (exact) mass is 340 g/mol. The summed E-state index contributed by atoms with van der Waals surface area (Å²) in [4.78, 5) is 33.8. The molecule has 24 heavy (non-hydrogen) atoms. The number of hydrogen-bond acceptors (Lipinski definition) is 3. The van der Waals surface area contributed by atoms with Crippen LogP contribution in [0, 0.1) is 0 Å². The molecule has 0 aliphatic heterocycles. The summed E-state index contributed by atoms with van der Waals surface area (Å²) in [6, 6.07) is 0. The molecule has 0 radical (unpaired) electrons. The van der Waals surface area contributed by atoms with Gasteiger partial charge in [0.25, 0.3) is 0 Å². The zero-order valence-corrected chi connectivity index (χ0v) is 15.5. The molecule has 0 aromatic carbocycles. The Morgan fingerprint density at radius 1 is 0.583 bits per heavy atom. The van der Waals surface area contributed by atoms with Gasteiger partial charge in [-0.25, -0.2) is 0 Å². The van der Waals surface area contributed by atoms with Crippen LogP contribution >= 0.6 is 0 Å². The first-order valence-corrected chi connectivity index (χ1v) is 9.81. The standard InChI is InChI=1S/C20H36O4/c1-2-3-4-5-8-11-14-18(21)17-19(22)15-12-9-6-7-10-13-16-20(23)24/h2-17H2,1H3,(H,23,24). The van der Waals surface area contributed by atoms with E-state index in [9.17, 15) is 14.4 Å². The van der Waals surface area contributed by atoms with Gasteiger partial charge in [0.1, 0.15) is 11.6 Å². The van der Waals surface area contributed by atoms with Crippen LogP contribution in [0.4, 0.5) is 0 Å². The minimum absolute atomic E-state index is 0.0804. The summed E-state index contributed by atoms with van der Waals surface area (Å²) in [5.74, 6) is -0.549. The van der Waals surface area contributed by atoms with Crippen molar-refractivity contribution in [3.8, 4) is 0 Å². The van der Waals surface area contributed by atoms with Gasteiger partial charge in [0, 0.05) is 19.3 Å². The molecule has 0 amide bonds. The number of Topliss-reactive ketones (excluding diaryl/α,β-unsaturated/α-hetero) is 2. The number of unbranched alkanes of at least 4 members (excludes halogenated alkanes) is 10. The third kappa shape index (κ3) is 17.2. The first-order valence-electron chi connectivity index (χ1n) is 9.81. The number of aliphatic carboxylic acids is 1. The smallest absolute Gasteiger partial charge is 0.303 e. The molecule has 0 saturated heterocycles. The first-order chi connectivity index (χ1) is 11.6. The minimum atomic E-state index is -0.730. The van der Waals surface area contributed by atoms with Crippen molar-refractivity contribution in [1.82, 2.24) is 0 Å². The molecule has 140 valence electrons. The molecule has 0 aliphatic rings. The third-order valence-electron chi connectivity index (χ3n) is 4.30. The van der Waals surface area contributed by atoms with Gasteiger partial charge in [0.05, 0.1) is 6.42 Å². The number of carboxylic acid groups (broad SMARTS) is 1. The zero-order chi connectivity index (χ0) is 18.0. The first kappa shape index (κ1) is 22.8. The normalized spacial score (nSPS) is 10.7. The number of carbonyl (C=O) groups is 3. The quantitative estimate of drug-likeness (QED) is 0.265. The fourth-order valence-electron chi connectivity index (χ4n) is 2.80. The lowest BCUT2D eigenvalue weighted by Crippen LogP contribution is -2.07. The van der Waals surface area contributed by atoms with Gasteiger partial charge in [-0.2, -0.15) is 0 Å². The molecule has 0 aliphatic carbocycles. The van der Waals surface area contributed by atoms with Crippen molar-refractivity contribution < 1.29 is 19.5 Å². The summed E-state index contributed by atoms with van der Waals surface area (Å²) in [7, 11) is 0. The van der Waals surface area contributed by atoms with Gasteiger partial charge < -0.3 is 5.11 Å². The molecular formula is C20H36O4. The molecule has 0 bridgehead atoms. The second kappa shape index (κ2) is 16.7. The SMILES string of the molecule is CCCCCCCCC(=O)CC(=O)CCCCCCCCC(=O)O. The van der Waals surface area contributed by atoms with Crippen LogP contribution in [0.5, 0.6) is 0 Å². The molecule has 0 fully saturated rings. The number of carboxylic acids is 1.